The number of fused-ring (bicyclic) bond motifs is 2. The average molecular weight is 676 g/mol. The van der Waals surface area contributed by atoms with Crippen LogP contribution >= 0.6 is 0 Å². The van der Waals surface area contributed by atoms with E-state index in [2.05, 4.69) is 21.4 Å². The van der Waals surface area contributed by atoms with Gasteiger partial charge in [0.25, 0.3) is 5.91 Å². The van der Waals surface area contributed by atoms with Gasteiger partial charge in [0.1, 0.15) is 40.0 Å². The Morgan fingerprint density at radius 2 is 1.51 bits per heavy atom. The van der Waals surface area contributed by atoms with Gasteiger partial charge in [-0.05, 0) is 88.0 Å². The molecule has 2 fully saturated rings. The predicted octanol–water partition coefficient (Wildman–Crippen LogP) is 5.67. The zero-order valence-electron chi connectivity index (χ0n) is 28.9. The van der Waals surface area contributed by atoms with Gasteiger partial charge in [-0.25, -0.2) is 15.2 Å². The lowest BCUT2D eigenvalue weighted by molar-refractivity contribution is -0.141. The molecule has 2 aromatic rings. The van der Waals surface area contributed by atoms with Crippen molar-refractivity contribution in [3.8, 4) is 11.5 Å². The molecule has 4 amide bonds. The summed E-state index contributed by atoms with van der Waals surface area (Å²) in [6.07, 6.45) is 6.85. The normalized spacial score (nSPS) is 23.3. The average Bonchev–Trinajstić information content (AvgIpc) is 3.23. The monoisotopic (exact) mass is 675 g/mol. The lowest BCUT2D eigenvalue weighted by Gasteiger charge is -2.49. The van der Waals surface area contributed by atoms with Crippen LogP contribution in [0.25, 0.3) is 0 Å². The second kappa shape index (κ2) is 13.2. The Bertz CT molecular complexity index is 1590. The zero-order chi connectivity index (χ0) is 35.0. The molecule has 4 aliphatic rings. The summed E-state index contributed by atoms with van der Waals surface area (Å²) in [5.74, 6) is -0.333. The number of ether oxygens (including phenoxy) is 2. The molecule has 2 aliphatic heterocycles. The molecule has 2 saturated carbocycles. The van der Waals surface area contributed by atoms with E-state index in [1.165, 1.54) is 5.01 Å². The number of carbonyl (C=O) groups excluding carboxylic acids is 3. The minimum atomic E-state index is -1.89. The van der Waals surface area contributed by atoms with Crippen LogP contribution in [0.5, 0.6) is 11.5 Å². The lowest BCUT2D eigenvalue weighted by atomic mass is 9.68. The van der Waals surface area contributed by atoms with Crippen molar-refractivity contribution >= 4 is 35.2 Å². The highest BCUT2D eigenvalue weighted by molar-refractivity contribution is 6.02. The van der Waals surface area contributed by atoms with E-state index in [4.69, 9.17) is 9.47 Å². The van der Waals surface area contributed by atoms with E-state index in [0.717, 1.165) is 51.4 Å². The molecule has 0 saturated heterocycles. The standard InChI is InChI=1S/C37H49N5O7/c1-24(41-42-26-16-8-10-18-28(26)48-35(23-29(42)43)19-11-5-12-20-35)37(34(2,3)4,40-33(46)47)32(45)39-30-31(44)38-25-15-7-9-17-27(25)49-36(30)21-13-6-14-22-36/h7-10,15-18,24,30,40-41H,5-6,11-14,19-23H2,1-4H3,(H,38,44)(H,39,45)(H,46,47)/t24?,30-,37+/m1/s1. The van der Waals surface area contributed by atoms with Crippen LogP contribution < -0.4 is 35.9 Å². The third kappa shape index (κ3) is 6.42. The maximum atomic E-state index is 15.0. The molecule has 2 aromatic carbocycles. The van der Waals surface area contributed by atoms with Crippen LogP contribution in [0.1, 0.15) is 98.3 Å². The molecular weight excluding hydrogens is 626 g/mol. The van der Waals surface area contributed by atoms with Crippen molar-refractivity contribution in [1.29, 1.82) is 0 Å². The summed E-state index contributed by atoms with van der Waals surface area (Å²) in [6, 6.07) is 12.3. The minimum Gasteiger partial charge on any atom is -0.484 e. The number of hydrogen-bond donors (Lipinski definition) is 5. The third-order valence-electron chi connectivity index (χ3n) is 11.0. The van der Waals surface area contributed by atoms with E-state index < -0.39 is 52.1 Å². The second-order valence-electron chi connectivity index (χ2n) is 15.2. The van der Waals surface area contributed by atoms with Gasteiger partial charge in [0.15, 0.2) is 0 Å². The van der Waals surface area contributed by atoms with Crippen LogP contribution in [0.15, 0.2) is 48.5 Å². The number of carboxylic acid groups (broad SMARTS) is 1. The topological polar surface area (TPSA) is 158 Å². The number of rotatable bonds is 6. The third-order valence-corrected chi connectivity index (χ3v) is 11.0. The second-order valence-corrected chi connectivity index (χ2v) is 15.2. The SMILES string of the molecule is CC(NN1C(=O)CC2(CCCCC2)Oc2ccccc21)[C@](NC(=O)O)(C(=O)N[C@@H]1C(=O)Nc2ccccc2OC12CCCCC2)C(C)(C)C. The summed E-state index contributed by atoms with van der Waals surface area (Å²) >= 11 is 0. The number of nitrogens with zero attached hydrogens (tertiary/aromatic N) is 1. The number of amides is 4. The first-order chi connectivity index (χ1) is 23.3. The molecule has 12 nitrogen and oxygen atoms in total. The molecule has 12 heteroatoms. The number of para-hydroxylation sites is 4. The molecular formula is C37H49N5O7. The van der Waals surface area contributed by atoms with Gasteiger partial charge in [-0.3, -0.25) is 14.4 Å². The molecule has 0 radical (unpaired) electrons. The fourth-order valence-electron chi connectivity index (χ4n) is 8.47. The molecule has 49 heavy (non-hydrogen) atoms. The van der Waals surface area contributed by atoms with Gasteiger partial charge in [-0.15, -0.1) is 0 Å². The molecule has 2 heterocycles. The number of benzene rings is 2. The lowest BCUT2D eigenvalue weighted by Crippen LogP contribution is -2.77. The molecule has 1 unspecified atom stereocenters. The number of hydrazine groups is 1. The summed E-state index contributed by atoms with van der Waals surface area (Å²) in [5, 5.41) is 20.2. The summed E-state index contributed by atoms with van der Waals surface area (Å²) < 4.78 is 13.2. The van der Waals surface area contributed by atoms with Crippen LogP contribution in [0.4, 0.5) is 16.2 Å². The highest BCUT2D eigenvalue weighted by atomic mass is 16.5. The Morgan fingerprint density at radius 1 is 0.898 bits per heavy atom. The van der Waals surface area contributed by atoms with Gasteiger partial charge in [0, 0.05) is 0 Å². The van der Waals surface area contributed by atoms with Crippen molar-refractivity contribution in [3.05, 3.63) is 48.5 Å². The molecule has 2 spiro atoms. The fourth-order valence-corrected chi connectivity index (χ4v) is 8.47. The Hall–Kier alpha value is -4.32. The first-order valence-corrected chi connectivity index (χ1v) is 17.6. The number of anilines is 2. The van der Waals surface area contributed by atoms with Crippen molar-refractivity contribution in [2.24, 2.45) is 5.41 Å². The van der Waals surface area contributed by atoms with E-state index in [0.29, 0.717) is 35.7 Å². The first kappa shape index (κ1) is 34.5. The van der Waals surface area contributed by atoms with E-state index in [1.807, 2.05) is 18.2 Å². The Balaban J connectivity index is 1.37. The van der Waals surface area contributed by atoms with Crippen LogP contribution in [0.2, 0.25) is 0 Å². The van der Waals surface area contributed by atoms with Crippen LogP contribution in [0.3, 0.4) is 0 Å². The van der Waals surface area contributed by atoms with Gasteiger partial charge in [-0.1, -0.05) is 57.9 Å². The van der Waals surface area contributed by atoms with Gasteiger partial charge < -0.3 is 30.5 Å². The van der Waals surface area contributed by atoms with Crippen LogP contribution in [-0.4, -0.2) is 57.7 Å². The van der Waals surface area contributed by atoms with E-state index >= 15 is 0 Å². The molecule has 5 N–H and O–H groups in total. The Labute approximate surface area is 287 Å². The molecule has 2 aliphatic carbocycles. The number of nitrogens with one attached hydrogen (secondary N) is 4. The van der Waals surface area contributed by atoms with Gasteiger partial charge >= 0.3 is 6.09 Å². The predicted molar refractivity (Wildman–Crippen MR) is 184 cm³/mol. The van der Waals surface area contributed by atoms with Crippen molar-refractivity contribution in [3.63, 3.8) is 0 Å². The summed E-state index contributed by atoms with van der Waals surface area (Å²) in [7, 11) is 0. The smallest absolute Gasteiger partial charge is 0.405 e. The number of carbonyl (C=O) groups is 4. The van der Waals surface area contributed by atoms with E-state index in [1.54, 1.807) is 58.0 Å². The highest BCUT2D eigenvalue weighted by Gasteiger charge is 2.58. The highest BCUT2D eigenvalue weighted by Crippen LogP contribution is 2.44. The summed E-state index contributed by atoms with van der Waals surface area (Å²) in [6.45, 7) is 6.95. The quantitative estimate of drug-likeness (QED) is 0.262. The summed E-state index contributed by atoms with van der Waals surface area (Å²) in [4.78, 5) is 55.7. The summed E-state index contributed by atoms with van der Waals surface area (Å²) in [5.41, 5.74) is -0.397. The molecule has 0 aromatic heterocycles. The van der Waals surface area contributed by atoms with E-state index in [9.17, 15) is 24.3 Å². The molecule has 3 atom stereocenters. The fraction of sp³-hybridized carbons (Fsp3) is 0.568. The van der Waals surface area contributed by atoms with Crippen molar-refractivity contribution in [1.82, 2.24) is 16.1 Å². The van der Waals surface area contributed by atoms with E-state index in [-0.39, 0.29) is 12.3 Å². The zero-order valence-corrected chi connectivity index (χ0v) is 28.9. The largest absolute Gasteiger partial charge is 0.484 e. The minimum absolute atomic E-state index is 0.130. The number of hydrogen-bond acceptors (Lipinski definition) is 7. The van der Waals surface area contributed by atoms with Crippen LogP contribution in [0, 0.1) is 5.41 Å². The molecule has 0 bridgehead atoms. The van der Waals surface area contributed by atoms with Gasteiger partial charge in [0.2, 0.25) is 11.8 Å². The van der Waals surface area contributed by atoms with Gasteiger partial charge in [0.05, 0.1) is 18.2 Å². The maximum Gasteiger partial charge on any atom is 0.405 e. The van der Waals surface area contributed by atoms with Gasteiger partial charge in [-0.2, -0.15) is 0 Å². The first-order valence-electron chi connectivity index (χ1n) is 17.6. The molecule has 264 valence electrons. The van der Waals surface area contributed by atoms with Crippen molar-refractivity contribution in [2.45, 2.75) is 127 Å². The Morgan fingerprint density at radius 3 is 2.16 bits per heavy atom. The van der Waals surface area contributed by atoms with Crippen molar-refractivity contribution < 1.29 is 33.8 Å². The molecule has 6 rings (SSSR count). The maximum absolute atomic E-state index is 15.0. The Kier molecular flexibility index (Phi) is 9.29. The van der Waals surface area contributed by atoms with Crippen molar-refractivity contribution in [2.75, 3.05) is 10.3 Å². The van der Waals surface area contributed by atoms with Crippen LogP contribution in [-0.2, 0) is 14.4 Å².